The predicted molar refractivity (Wildman–Crippen MR) is 65.8 cm³/mol. The van der Waals surface area contributed by atoms with E-state index in [2.05, 4.69) is 45.0 Å². The molecule has 0 amide bonds. The van der Waals surface area contributed by atoms with Crippen molar-refractivity contribution in [1.82, 2.24) is 0 Å². The largest absolute Gasteiger partial charge is 0.118 e. The molecular weight excluding hydrogens is 208 g/mol. The third kappa shape index (κ3) is 3.47. The number of halogens is 1. The lowest BCUT2D eigenvalue weighted by Gasteiger charge is -2.19. The molecule has 0 aliphatic heterocycles. The molecular formula is C12H17ClSi. The summed E-state index contributed by atoms with van der Waals surface area (Å²) in [6.07, 6.45) is 0. The molecule has 2 radical (unpaired) electrons. The van der Waals surface area contributed by atoms with Crippen LogP contribution in [0.5, 0.6) is 0 Å². The van der Waals surface area contributed by atoms with Gasteiger partial charge in [0.05, 0.1) is 14.9 Å². The lowest BCUT2D eigenvalue weighted by Crippen LogP contribution is -2.26. The van der Waals surface area contributed by atoms with Crippen molar-refractivity contribution in [3.63, 3.8) is 0 Å². The van der Waals surface area contributed by atoms with E-state index in [0.29, 0.717) is 5.04 Å². The van der Waals surface area contributed by atoms with Crippen molar-refractivity contribution in [1.29, 1.82) is 0 Å². The SMILES string of the molecule is CC(Cl)c1ccccc1[Si]C(C)(C)C. The topological polar surface area (TPSA) is 0 Å². The zero-order chi connectivity index (χ0) is 10.8. The van der Waals surface area contributed by atoms with Gasteiger partial charge in [0.25, 0.3) is 0 Å². The maximum atomic E-state index is 6.14. The van der Waals surface area contributed by atoms with E-state index in [9.17, 15) is 0 Å². The third-order valence-corrected chi connectivity index (χ3v) is 3.61. The van der Waals surface area contributed by atoms with Gasteiger partial charge in [-0.3, -0.25) is 0 Å². The monoisotopic (exact) mass is 224 g/mol. The summed E-state index contributed by atoms with van der Waals surface area (Å²) in [5.41, 5.74) is 1.28. The standard InChI is InChI=1S/C12H17ClSi/c1-9(13)10-7-5-6-8-11(10)14-12(2,3)4/h5-9H,1-4H3. The minimum atomic E-state index is 0.112. The minimum Gasteiger partial charge on any atom is -0.118 e. The molecule has 1 unspecified atom stereocenters. The average molecular weight is 225 g/mol. The summed E-state index contributed by atoms with van der Waals surface area (Å²) in [6, 6.07) is 8.48. The van der Waals surface area contributed by atoms with Gasteiger partial charge in [0.1, 0.15) is 0 Å². The quantitative estimate of drug-likeness (QED) is 0.533. The highest BCUT2D eigenvalue weighted by Gasteiger charge is 2.16. The maximum absolute atomic E-state index is 6.14. The van der Waals surface area contributed by atoms with Crippen LogP contribution in [0.4, 0.5) is 0 Å². The molecule has 1 aromatic rings. The first-order valence-corrected chi connectivity index (χ1v) is 6.35. The zero-order valence-corrected chi connectivity index (χ0v) is 11.0. The molecule has 0 aliphatic carbocycles. The van der Waals surface area contributed by atoms with Gasteiger partial charge >= 0.3 is 0 Å². The Balaban J connectivity index is 2.96. The van der Waals surface area contributed by atoms with Crippen molar-refractivity contribution in [2.24, 2.45) is 0 Å². The first-order chi connectivity index (χ1) is 6.40. The number of rotatable bonds is 2. The van der Waals surface area contributed by atoms with Crippen molar-refractivity contribution in [2.75, 3.05) is 0 Å². The highest BCUT2D eigenvalue weighted by molar-refractivity contribution is 6.57. The summed E-state index contributed by atoms with van der Waals surface area (Å²) in [4.78, 5) is 0. The van der Waals surface area contributed by atoms with Crippen LogP contribution in [0.1, 0.15) is 38.6 Å². The van der Waals surface area contributed by atoms with Crippen LogP contribution in [-0.4, -0.2) is 9.52 Å². The summed E-state index contributed by atoms with van der Waals surface area (Å²) >= 11 is 6.14. The molecule has 0 aliphatic rings. The minimum absolute atomic E-state index is 0.112. The molecule has 0 nitrogen and oxygen atoms in total. The van der Waals surface area contributed by atoms with Gasteiger partial charge in [0, 0.05) is 0 Å². The molecule has 0 spiro atoms. The Bertz CT molecular complexity index is 299. The summed E-state index contributed by atoms with van der Waals surface area (Å²) in [7, 11) is 0.821. The Kier molecular flexibility index (Phi) is 3.79. The predicted octanol–water partition coefficient (Wildman–Crippen LogP) is 3.53. The van der Waals surface area contributed by atoms with E-state index in [-0.39, 0.29) is 5.38 Å². The molecule has 1 rings (SSSR count). The van der Waals surface area contributed by atoms with Crippen LogP contribution < -0.4 is 5.19 Å². The van der Waals surface area contributed by atoms with Crippen molar-refractivity contribution in [2.45, 2.75) is 38.1 Å². The molecule has 0 saturated heterocycles. The highest BCUT2D eigenvalue weighted by Crippen LogP contribution is 2.23. The van der Waals surface area contributed by atoms with Gasteiger partial charge in [-0.1, -0.05) is 50.2 Å². The van der Waals surface area contributed by atoms with E-state index in [1.165, 1.54) is 10.8 Å². The maximum Gasteiger partial charge on any atom is 0.0873 e. The fourth-order valence-corrected chi connectivity index (χ4v) is 3.08. The Labute approximate surface area is 94.5 Å². The molecule has 0 aromatic heterocycles. The molecule has 1 aromatic carbocycles. The Morgan fingerprint density at radius 1 is 1.21 bits per heavy atom. The van der Waals surface area contributed by atoms with Crippen molar-refractivity contribution < 1.29 is 0 Å². The van der Waals surface area contributed by atoms with Gasteiger partial charge in [0.2, 0.25) is 0 Å². The number of hydrogen-bond acceptors (Lipinski definition) is 0. The number of benzene rings is 1. The fraction of sp³-hybridized carbons (Fsp3) is 0.500. The summed E-state index contributed by atoms with van der Waals surface area (Å²) < 4.78 is 0. The molecule has 0 saturated carbocycles. The van der Waals surface area contributed by atoms with Crippen molar-refractivity contribution in [3.05, 3.63) is 29.8 Å². The van der Waals surface area contributed by atoms with Gasteiger partial charge < -0.3 is 0 Å². The van der Waals surface area contributed by atoms with Gasteiger partial charge in [-0.05, 0) is 17.5 Å². The molecule has 1 atom stereocenters. The Hall–Kier alpha value is -0.273. The van der Waals surface area contributed by atoms with E-state index in [4.69, 9.17) is 11.6 Å². The van der Waals surface area contributed by atoms with Crippen LogP contribution >= 0.6 is 11.6 Å². The van der Waals surface area contributed by atoms with Crippen LogP contribution in [-0.2, 0) is 0 Å². The van der Waals surface area contributed by atoms with Gasteiger partial charge in [-0.15, -0.1) is 11.6 Å². The average Bonchev–Trinajstić information content (AvgIpc) is 2.01. The van der Waals surface area contributed by atoms with Crippen LogP contribution in [0.25, 0.3) is 0 Å². The molecule has 14 heavy (non-hydrogen) atoms. The van der Waals surface area contributed by atoms with Crippen LogP contribution in [0.15, 0.2) is 24.3 Å². The second-order valence-electron chi connectivity index (χ2n) is 4.58. The summed E-state index contributed by atoms with van der Waals surface area (Å²) in [5, 5.41) is 1.87. The van der Waals surface area contributed by atoms with Crippen LogP contribution in [0, 0.1) is 0 Å². The van der Waals surface area contributed by atoms with Gasteiger partial charge in [-0.25, -0.2) is 0 Å². The van der Waals surface area contributed by atoms with Crippen molar-refractivity contribution in [3.8, 4) is 0 Å². The molecule has 76 valence electrons. The first-order valence-electron chi connectivity index (χ1n) is 4.91. The smallest absolute Gasteiger partial charge is 0.0873 e. The number of hydrogen-bond donors (Lipinski definition) is 0. The molecule has 2 heteroatoms. The van der Waals surface area contributed by atoms with E-state index < -0.39 is 0 Å². The van der Waals surface area contributed by atoms with E-state index in [1.807, 2.05) is 6.92 Å². The Morgan fingerprint density at radius 2 is 1.79 bits per heavy atom. The molecule has 0 fully saturated rings. The van der Waals surface area contributed by atoms with E-state index in [0.717, 1.165) is 9.52 Å². The summed E-state index contributed by atoms with van der Waals surface area (Å²) in [6.45, 7) is 8.83. The highest BCUT2D eigenvalue weighted by atomic mass is 35.5. The fourth-order valence-electron chi connectivity index (χ4n) is 1.36. The zero-order valence-electron chi connectivity index (χ0n) is 9.26. The van der Waals surface area contributed by atoms with Crippen LogP contribution in [0.2, 0.25) is 5.04 Å². The molecule has 0 heterocycles. The Morgan fingerprint density at radius 3 is 2.29 bits per heavy atom. The van der Waals surface area contributed by atoms with Gasteiger partial charge in [0.15, 0.2) is 0 Å². The summed E-state index contributed by atoms with van der Waals surface area (Å²) in [5.74, 6) is 0. The van der Waals surface area contributed by atoms with Crippen LogP contribution in [0.3, 0.4) is 0 Å². The first kappa shape index (κ1) is 11.8. The number of alkyl halides is 1. The third-order valence-electron chi connectivity index (χ3n) is 1.90. The van der Waals surface area contributed by atoms with Crippen molar-refractivity contribution >= 4 is 26.3 Å². The molecule has 0 bridgehead atoms. The lowest BCUT2D eigenvalue weighted by molar-refractivity contribution is 0.759. The molecule has 0 N–H and O–H groups in total. The normalized spacial score (nSPS) is 14.1. The van der Waals surface area contributed by atoms with Gasteiger partial charge in [-0.2, -0.15) is 0 Å². The lowest BCUT2D eigenvalue weighted by atomic mass is 10.2. The van der Waals surface area contributed by atoms with E-state index >= 15 is 0 Å². The second-order valence-corrected chi connectivity index (χ2v) is 7.52. The van der Waals surface area contributed by atoms with E-state index in [1.54, 1.807) is 0 Å². The second kappa shape index (κ2) is 4.50.